The second kappa shape index (κ2) is 2.21. The minimum absolute atomic E-state index is 0.648. The summed E-state index contributed by atoms with van der Waals surface area (Å²) in [6.45, 7) is 2.32. The van der Waals surface area contributed by atoms with E-state index in [9.17, 15) is 0 Å². The van der Waals surface area contributed by atoms with E-state index in [4.69, 9.17) is 5.84 Å². The fraction of sp³-hybridized carbons (Fsp3) is 1.00. The molecule has 0 saturated heterocycles. The molecule has 2 aliphatic carbocycles. The zero-order valence-corrected chi connectivity index (χ0v) is 6.51. The van der Waals surface area contributed by atoms with Crippen molar-refractivity contribution in [1.82, 2.24) is 5.43 Å². The molecule has 0 aromatic heterocycles. The van der Waals surface area contributed by atoms with E-state index >= 15 is 0 Å². The molecule has 0 heterocycles. The monoisotopic (exact) mass is 140 g/mol. The third-order valence-electron chi connectivity index (χ3n) is 2.96. The van der Waals surface area contributed by atoms with Gasteiger partial charge in [0.2, 0.25) is 0 Å². The minimum atomic E-state index is 0.648. The summed E-state index contributed by atoms with van der Waals surface area (Å²) in [6.07, 6.45) is 4.20. The van der Waals surface area contributed by atoms with E-state index in [1.54, 1.807) is 0 Å². The Bertz CT molecular complexity index is 131. The summed E-state index contributed by atoms with van der Waals surface area (Å²) in [6, 6.07) is 0.648. The molecule has 2 nitrogen and oxygen atoms in total. The Kier molecular flexibility index (Phi) is 1.46. The van der Waals surface area contributed by atoms with E-state index in [-0.39, 0.29) is 0 Å². The SMILES string of the molecule is CC1CC1C(NN)C1CC1. The maximum absolute atomic E-state index is 5.47. The fourth-order valence-corrected chi connectivity index (χ4v) is 1.92. The summed E-state index contributed by atoms with van der Waals surface area (Å²) in [5, 5.41) is 0. The molecule has 58 valence electrons. The van der Waals surface area contributed by atoms with Gasteiger partial charge >= 0.3 is 0 Å². The number of hydrazine groups is 1. The van der Waals surface area contributed by atoms with E-state index in [1.807, 2.05) is 0 Å². The van der Waals surface area contributed by atoms with Gasteiger partial charge in [-0.2, -0.15) is 0 Å². The highest BCUT2D eigenvalue weighted by Crippen LogP contribution is 2.48. The lowest BCUT2D eigenvalue weighted by atomic mass is 10.1. The first-order chi connectivity index (χ1) is 4.83. The van der Waals surface area contributed by atoms with Crippen LogP contribution >= 0.6 is 0 Å². The molecule has 2 aliphatic rings. The van der Waals surface area contributed by atoms with Crippen molar-refractivity contribution in [2.45, 2.75) is 32.2 Å². The van der Waals surface area contributed by atoms with E-state index in [2.05, 4.69) is 12.3 Å². The average Bonchev–Trinajstić information content (AvgIpc) is 2.73. The zero-order chi connectivity index (χ0) is 7.14. The predicted molar refractivity (Wildman–Crippen MR) is 41.1 cm³/mol. The Morgan fingerprint density at radius 3 is 2.40 bits per heavy atom. The Morgan fingerprint density at radius 2 is 2.10 bits per heavy atom. The quantitative estimate of drug-likeness (QED) is 0.451. The van der Waals surface area contributed by atoms with Crippen molar-refractivity contribution in [3.63, 3.8) is 0 Å². The Labute approximate surface area is 62.1 Å². The Morgan fingerprint density at radius 1 is 1.50 bits per heavy atom. The first kappa shape index (κ1) is 6.62. The van der Waals surface area contributed by atoms with Gasteiger partial charge in [0.1, 0.15) is 0 Å². The normalized spacial score (nSPS) is 41.4. The molecule has 3 N–H and O–H groups in total. The van der Waals surface area contributed by atoms with Crippen molar-refractivity contribution in [3.05, 3.63) is 0 Å². The minimum Gasteiger partial charge on any atom is -0.271 e. The number of hydrogen-bond acceptors (Lipinski definition) is 2. The topological polar surface area (TPSA) is 38.0 Å². The first-order valence-corrected chi connectivity index (χ1v) is 4.29. The van der Waals surface area contributed by atoms with Crippen LogP contribution in [-0.2, 0) is 0 Å². The van der Waals surface area contributed by atoms with Gasteiger partial charge in [-0.1, -0.05) is 6.92 Å². The molecule has 0 spiro atoms. The average molecular weight is 140 g/mol. The van der Waals surface area contributed by atoms with Gasteiger partial charge in [-0.25, -0.2) is 0 Å². The van der Waals surface area contributed by atoms with Gasteiger partial charge in [-0.05, 0) is 37.0 Å². The third kappa shape index (κ3) is 1.06. The summed E-state index contributed by atoms with van der Waals surface area (Å²) in [5.41, 5.74) is 2.96. The number of nitrogens with two attached hydrogens (primary N) is 1. The van der Waals surface area contributed by atoms with Crippen LogP contribution in [0.2, 0.25) is 0 Å². The lowest BCUT2D eigenvalue weighted by molar-refractivity contribution is 0.411. The summed E-state index contributed by atoms with van der Waals surface area (Å²) in [7, 11) is 0. The van der Waals surface area contributed by atoms with Gasteiger partial charge in [-0.15, -0.1) is 0 Å². The lowest BCUT2D eigenvalue weighted by Crippen LogP contribution is -2.38. The number of hydrogen-bond donors (Lipinski definition) is 2. The van der Waals surface area contributed by atoms with Gasteiger partial charge in [0.25, 0.3) is 0 Å². The Balaban J connectivity index is 1.86. The summed E-state index contributed by atoms with van der Waals surface area (Å²) in [5.74, 6) is 8.22. The van der Waals surface area contributed by atoms with Gasteiger partial charge in [0.15, 0.2) is 0 Å². The van der Waals surface area contributed by atoms with Crippen molar-refractivity contribution in [3.8, 4) is 0 Å². The number of rotatable bonds is 3. The molecule has 0 aliphatic heterocycles. The Hall–Kier alpha value is -0.0800. The molecule has 2 saturated carbocycles. The molecular formula is C8H16N2. The van der Waals surface area contributed by atoms with Crippen LogP contribution in [-0.4, -0.2) is 6.04 Å². The highest BCUT2D eigenvalue weighted by atomic mass is 15.2. The van der Waals surface area contributed by atoms with E-state index in [0.717, 1.165) is 17.8 Å². The highest BCUT2D eigenvalue weighted by Gasteiger charge is 2.45. The second-order valence-corrected chi connectivity index (χ2v) is 3.91. The molecule has 10 heavy (non-hydrogen) atoms. The predicted octanol–water partition coefficient (Wildman–Crippen LogP) is 0.884. The zero-order valence-electron chi connectivity index (χ0n) is 6.51. The number of nitrogens with one attached hydrogen (secondary N) is 1. The van der Waals surface area contributed by atoms with Crippen molar-refractivity contribution in [2.75, 3.05) is 0 Å². The fourth-order valence-electron chi connectivity index (χ4n) is 1.92. The van der Waals surface area contributed by atoms with Crippen molar-refractivity contribution < 1.29 is 0 Å². The lowest BCUT2D eigenvalue weighted by Gasteiger charge is -2.13. The van der Waals surface area contributed by atoms with Gasteiger partial charge < -0.3 is 0 Å². The van der Waals surface area contributed by atoms with Gasteiger partial charge in [0, 0.05) is 6.04 Å². The molecule has 2 heteroatoms. The largest absolute Gasteiger partial charge is 0.271 e. The van der Waals surface area contributed by atoms with E-state index in [0.29, 0.717) is 6.04 Å². The molecule has 0 amide bonds. The van der Waals surface area contributed by atoms with Crippen LogP contribution in [0.5, 0.6) is 0 Å². The van der Waals surface area contributed by atoms with Crippen LogP contribution in [0.15, 0.2) is 0 Å². The molecule has 2 rings (SSSR count). The highest BCUT2D eigenvalue weighted by molar-refractivity contribution is 4.98. The second-order valence-electron chi connectivity index (χ2n) is 3.91. The maximum atomic E-state index is 5.47. The summed E-state index contributed by atoms with van der Waals surface area (Å²) < 4.78 is 0. The van der Waals surface area contributed by atoms with Crippen molar-refractivity contribution in [1.29, 1.82) is 0 Å². The molecule has 3 unspecified atom stereocenters. The molecule has 0 aromatic rings. The standard InChI is InChI=1S/C8H16N2/c1-5-4-7(5)8(10-9)6-2-3-6/h5-8,10H,2-4,9H2,1H3. The first-order valence-electron chi connectivity index (χ1n) is 4.29. The summed E-state index contributed by atoms with van der Waals surface area (Å²) in [4.78, 5) is 0. The van der Waals surface area contributed by atoms with Crippen LogP contribution in [0.25, 0.3) is 0 Å². The molecule has 3 atom stereocenters. The van der Waals surface area contributed by atoms with Crippen LogP contribution in [0.3, 0.4) is 0 Å². The van der Waals surface area contributed by atoms with Crippen molar-refractivity contribution >= 4 is 0 Å². The molecule has 0 radical (unpaired) electrons. The smallest absolute Gasteiger partial charge is 0.0269 e. The van der Waals surface area contributed by atoms with Gasteiger partial charge in [0.05, 0.1) is 0 Å². The molecule has 0 aromatic carbocycles. The van der Waals surface area contributed by atoms with E-state index < -0.39 is 0 Å². The van der Waals surface area contributed by atoms with Gasteiger partial charge in [-0.3, -0.25) is 11.3 Å². The maximum Gasteiger partial charge on any atom is 0.0269 e. The van der Waals surface area contributed by atoms with Crippen LogP contribution < -0.4 is 11.3 Å². The third-order valence-corrected chi connectivity index (χ3v) is 2.96. The van der Waals surface area contributed by atoms with Crippen LogP contribution in [0.4, 0.5) is 0 Å². The van der Waals surface area contributed by atoms with Crippen molar-refractivity contribution in [2.24, 2.45) is 23.6 Å². The van der Waals surface area contributed by atoms with Crippen LogP contribution in [0.1, 0.15) is 26.2 Å². The molecule has 2 fully saturated rings. The van der Waals surface area contributed by atoms with E-state index in [1.165, 1.54) is 19.3 Å². The van der Waals surface area contributed by atoms with Crippen LogP contribution in [0, 0.1) is 17.8 Å². The molecular weight excluding hydrogens is 124 g/mol. The molecule has 0 bridgehead atoms. The summed E-state index contributed by atoms with van der Waals surface area (Å²) >= 11 is 0.